The third-order valence-corrected chi connectivity index (χ3v) is 4.92. The van der Waals surface area contributed by atoms with Crippen LogP contribution in [0.25, 0.3) is 0 Å². The Bertz CT molecular complexity index is 773. The number of furan rings is 1. The zero-order chi connectivity index (χ0) is 17.2. The first-order chi connectivity index (χ1) is 12.2. The van der Waals surface area contributed by atoms with Crippen molar-refractivity contribution in [2.45, 2.75) is 45.2 Å². The summed E-state index contributed by atoms with van der Waals surface area (Å²) in [6.07, 6.45) is 6.48. The van der Waals surface area contributed by atoms with E-state index in [1.165, 1.54) is 0 Å². The van der Waals surface area contributed by atoms with Crippen LogP contribution in [0.15, 0.2) is 22.8 Å². The molecule has 7 heteroatoms. The van der Waals surface area contributed by atoms with E-state index in [-0.39, 0.29) is 11.8 Å². The van der Waals surface area contributed by atoms with Gasteiger partial charge in [0, 0.05) is 19.6 Å². The third kappa shape index (κ3) is 3.06. The third-order valence-electron chi connectivity index (χ3n) is 4.92. The summed E-state index contributed by atoms with van der Waals surface area (Å²) in [6.45, 7) is 2.61. The van der Waals surface area contributed by atoms with Gasteiger partial charge in [-0.15, -0.1) is 0 Å². The first kappa shape index (κ1) is 15.9. The number of amides is 2. The molecule has 4 heterocycles. The Balaban J connectivity index is 1.58. The molecule has 1 N–H and O–H groups in total. The minimum atomic E-state index is -0.264. The van der Waals surface area contributed by atoms with E-state index in [0.717, 1.165) is 57.4 Å². The van der Waals surface area contributed by atoms with Crippen molar-refractivity contribution in [2.24, 2.45) is 0 Å². The number of rotatable bonds is 4. The topological polar surface area (TPSA) is 80.4 Å². The highest BCUT2D eigenvalue weighted by molar-refractivity contribution is 5.97. The van der Waals surface area contributed by atoms with Crippen molar-refractivity contribution in [1.29, 1.82) is 0 Å². The number of likely N-dealkylation sites (tertiary alicyclic amines) is 1. The normalized spacial score (nSPS) is 16.7. The van der Waals surface area contributed by atoms with E-state index >= 15 is 0 Å². The molecule has 0 atom stereocenters. The summed E-state index contributed by atoms with van der Waals surface area (Å²) in [5, 5.41) is 2.83. The second-order valence-electron chi connectivity index (χ2n) is 6.60. The number of carbonyl (C=O) groups is 2. The molecule has 2 aliphatic rings. The number of imidazole rings is 1. The molecule has 1 fully saturated rings. The minimum absolute atomic E-state index is 0.0340. The highest BCUT2D eigenvalue weighted by atomic mass is 16.3. The highest BCUT2D eigenvalue weighted by Crippen LogP contribution is 2.23. The van der Waals surface area contributed by atoms with Crippen LogP contribution in [-0.2, 0) is 19.5 Å². The van der Waals surface area contributed by atoms with E-state index in [1.54, 1.807) is 12.3 Å². The van der Waals surface area contributed by atoms with E-state index in [1.807, 2.05) is 15.5 Å². The molecule has 2 amide bonds. The van der Waals surface area contributed by atoms with Crippen LogP contribution in [0.5, 0.6) is 0 Å². The van der Waals surface area contributed by atoms with Gasteiger partial charge in [-0.3, -0.25) is 9.59 Å². The SMILES string of the molecule is O=C(NCc1ccco1)c1nc(C(=O)N2CCCC2)c2n1CCCC2. The predicted octanol–water partition coefficient (Wildman–Crippen LogP) is 1.98. The quantitative estimate of drug-likeness (QED) is 0.921. The van der Waals surface area contributed by atoms with Gasteiger partial charge >= 0.3 is 0 Å². The van der Waals surface area contributed by atoms with Crippen molar-refractivity contribution in [2.75, 3.05) is 13.1 Å². The molecule has 0 radical (unpaired) electrons. The minimum Gasteiger partial charge on any atom is -0.467 e. The lowest BCUT2D eigenvalue weighted by atomic mass is 10.1. The molecule has 4 rings (SSSR count). The van der Waals surface area contributed by atoms with E-state index in [0.29, 0.717) is 23.8 Å². The molecule has 7 nitrogen and oxygen atoms in total. The van der Waals surface area contributed by atoms with Crippen LogP contribution in [0.3, 0.4) is 0 Å². The van der Waals surface area contributed by atoms with Crippen molar-refractivity contribution in [3.05, 3.63) is 41.4 Å². The summed E-state index contributed by atoms with van der Waals surface area (Å²) in [5.41, 5.74) is 1.37. The monoisotopic (exact) mass is 342 g/mol. The van der Waals surface area contributed by atoms with Crippen LogP contribution in [-0.4, -0.2) is 39.4 Å². The Kier molecular flexibility index (Phi) is 4.29. The van der Waals surface area contributed by atoms with Gasteiger partial charge in [-0.05, 0) is 44.2 Å². The fourth-order valence-electron chi connectivity index (χ4n) is 3.62. The Morgan fingerprint density at radius 1 is 1.16 bits per heavy atom. The maximum Gasteiger partial charge on any atom is 0.287 e. The zero-order valence-corrected chi connectivity index (χ0v) is 14.2. The molecule has 25 heavy (non-hydrogen) atoms. The van der Waals surface area contributed by atoms with Crippen LogP contribution in [0.1, 0.15) is 58.2 Å². The molecule has 0 aromatic carbocycles. The molecular formula is C18H22N4O3. The first-order valence-corrected chi connectivity index (χ1v) is 8.93. The number of nitrogens with zero attached hydrogens (tertiary/aromatic N) is 3. The van der Waals surface area contributed by atoms with Crippen LogP contribution in [0, 0.1) is 0 Å². The summed E-state index contributed by atoms with van der Waals surface area (Å²) < 4.78 is 7.16. The smallest absolute Gasteiger partial charge is 0.287 e. The highest BCUT2D eigenvalue weighted by Gasteiger charge is 2.30. The van der Waals surface area contributed by atoms with Crippen molar-refractivity contribution in [1.82, 2.24) is 19.8 Å². The van der Waals surface area contributed by atoms with Crippen molar-refractivity contribution in [3.63, 3.8) is 0 Å². The van der Waals surface area contributed by atoms with E-state index < -0.39 is 0 Å². The van der Waals surface area contributed by atoms with Gasteiger partial charge in [-0.1, -0.05) is 0 Å². The lowest BCUT2D eigenvalue weighted by molar-refractivity contribution is 0.0786. The zero-order valence-electron chi connectivity index (χ0n) is 14.2. The molecule has 2 aromatic rings. The molecule has 0 unspecified atom stereocenters. The molecule has 0 saturated carbocycles. The number of hydrogen-bond acceptors (Lipinski definition) is 4. The number of nitrogens with one attached hydrogen (secondary N) is 1. The average Bonchev–Trinajstić information content (AvgIpc) is 3.39. The van der Waals surface area contributed by atoms with Gasteiger partial charge in [0.25, 0.3) is 11.8 Å². The Labute approximate surface area is 146 Å². The number of hydrogen-bond donors (Lipinski definition) is 1. The summed E-state index contributed by atoms with van der Waals surface area (Å²) in [7, 11) is 0. The molecule has 2 aliphatic heterocycles. The molecular weight excluding hydrogens is 320 g/mol. The Morgan fingerprint density at radius 3 is 2.72 bits per heavy atom. The molecule has 0 aliphatic carbocycles. The van der Waals surface area contributed by atoms with Crippen LogP contribution in [0.2, 0.25) is 0 Å². The van der Waals surface area contributed by atoms with Gasteiger partial charge in [0.05, 0.1) is 18.5 Å². The van der Waals surface area contributed by atoms with E-state index in [2.05, 4.69) is 10.3 Å². The van der Waals surface area contributed by atoms with E-state index in [9.17, 15) is 9.59 Å². The molecule has 0 spiro atoms. The molecule has 0 bridgehead atoms. The van der Waals surface area contributed by atoms with Gasteiger partial charge in [0.2, 0.25) is 0 Å². The summed E-state index contributed by atoms with van der Waals surface area (Å²) in [5.74, 6) is 0.726. The lowest BCUT2D eigenvalue weighted by Gasteiger charge is -2.18. The molecule has 2 aromatic heterocycles. The molecule has 1 saturated heterocycles. The van der Waals surface area contributed by atoms with Gasteiger partial charge < -0.3 is 19.2 Å². The Morgan fingerprint density at radius 2 is 1.96 bits per heavy atom. The maximum absolute atomic E-state index is 12.8. The van der Waals surface area contributed by atoms with Crippen molar-refractivity contribution >= 4 is 11.8 Å². The molecule has 132 valence electrons. The van der Waals surface area contributed by atoms with Gasteiger partial charge in [0.1, 0.15) is 11.5 Å². The summed E-state index contributed by atoms with van der Waals surface area (Å²) in [4.78, 5) is 31.7. The fourth-order valence-corrected chi connectivity index (χ4v) is 3.62. The van der Waals surface area contributed by atoms with Crippen molar-refractivity contribution in [3.8, 4) is 0 Å². The van der Waals surface area contributed by atoms with Crippen LogP contribution < -0.4 is 5.32 Å². The van der Waals surface area contributed by atoms with Crippen LogP contribution >= 0.6 is 0 Å². The fraction of sp³-hybridized carbons (Fsp3) is 0.500. The Hall–Kier alpha value is -2.57. The predicted molar refractivity (Wildman–Crippen MR) is 90.2 cm³/mol. The maximum atomic E-state index is 12.8. The van der Waals surface area contributed by atoms with Gasteiger partial charge in [0.15, 0.2) is 5.82 Å². The largest absolute Gasteiger partial charge is 0.467 e. The first-order valence-electron chi connectivity index (χ1n) is 8.93. The summed E-state index contributed by atoms with van der Waals surface area (Å²) >= 11 is 0. The lowest BCUT2D eigenvalue weighted by Crippen LogP contribution is -2.29. The standard InChI is InChI=1S/C18H22N4O3/c23-17(19-12-13-6-5-11-25-13)16-20-15(14-7-1-2-10-22(14)16)18(24)21-8-3-4-9-21/h5-6,11H,1-4,7-10,12H2,(H,19,23). The second kappa shape index (κ2) is 6.74. The van der Waals surface area contributed by atoms with Crippen molar-refractivity contribution < 1.29 is 14.0 Å². The van der Waals surface area contributed by atoms with Crippen LogP contribution in [0.4, 0.5) is 0 Å². The number of carbonyl (C=O) groups excluding carboxylic acids is 2. The number of aromatic nitrogens is 2. The van der Waals surface area contributed by atoms with Gasteiger partial charge in [-0.25, -0.2) is 4.98 Å². The second-order valence-corrected chi connectivity index (χ2v) is 6.60. The van der Waals surface area contributed by atoms with E-state index in [4.69, 9.17) is 4.42 Å². The number of fused-ring (bicyclic) bond motifs is 1. The average molecular weight is 342 g/mol. The summed E-state index contributed by atoms with van der Waals surface area (Å²) in [6, 6.07) is 3.59. The van der Waals surface area contributed by atoms with Gasteiger partial charge in [-0.2, -0.15) is 0 Å².